The molecule has 0 bridgehead atoms. The third-order valence-electron chi connectivity index (χ3n) is 5.99. The van der Waals surface area contributed by atoms with Gasteiger partial charge in [-0.3, -0.25) is 14.5 Å². The van der Waals surface area contributed by atoms with Crippen LogP contribution in [0.5, 0.6) is 0 Å². The first-order valence-corrected chi connectivity index (χ1v) is 10.8. The first kappa shape index (κ1) is 21.4. The van der Waals surface area contributed by atoms with Crippen LogP contribution >= 0.6 is 0 Å². The van der Waals surface area contributed by atoms with Crippen LogP contribution in [0.1, 0.15) is 72.1 Å². The van der Waals surface area contributed by atoms with E-state index < -0.39 is 0 Å². The number of piperidine rings is 2. The Morgan fingerprint density at radius 1 is 1.12 bits per heavy atom. The lowest BCUT2D eigenvalue weighted by molar-refractivity contribution is -0.166. The van der Waals surface area contributed by atoms with Crippen LogP contribution < -0.4 is 0 Å². The van der Waals surface area contributed by atoms with Crippen LogP contribution in [0.25, 0.3) is 0 Å². The van der Waals surface area contributed by atoms with E-state index in [0.29, 0.717) is 24.5 Å². The van der Waals surface area contributed by atoms with Gasteiger partial charge in [0.05, 0.1) is 0 Å². The van der Waals surface area contributed by atoms with Gasteiger partial charge in [-0.05, 0) is 31.7 Å². The molecule has 2 rings (SSSR count). The van der Waals surface area contributed by atoms with Crippen molar-refractivity contribution in [2.75, 3.05) is 32.7 Å². The van der Waals surface area contributed by atoms with Crippen LogP contribution in [0.2, 0.25) is 0 Å². The van der Waals surface area contributed by atoms with Crippen molar-refractivity contribution in [2.24, 2.45) is 11.8 Å². The highest BCUT2D eigenvalue weighted by molar-refractivity contribution is 5.82. The fourth-order valence-electron chi connectivity index (χ4n) is 4.26. The molecule has 2 aliphatic rings. The number of ketones is 1. The number of ether oxygens (including phenoxy) is 1. The summed E-state index contributed by atoms with van der Waals surface area (Å²) < 4.78 is 5.76. The topological polar surface area (TPSA) is 49.9 Å². The molecule has 0 radical (unpaired) electrons. The first-order chi connectivity index (χ1) is 12.6. The number of esters is 1. The molecule has 0 N–H and O–H groups in total. The molecule has 2 saturated heterocycles. The van der Waals surface area contributed by atoms with Crippen LogP contribution in [0.15, 0.2) is 0 Å². The van der Waals surface area contributed by atoms with Gasteiger partial charge in [-0.1, -0.05) is 33.6 Å². The molecular weight excluding hydrogens is 328 g/mol. The highest BCUT2D eigenvalue weighted by atomic mass is 16.6. The van der Waals surface area contributed by atoms with Gasteiger partial charge in [0, 0.05) is 51.4 Å². The zero-order valence-corrected chi connectivity index (χ0v) is 17.0. The summed E-state index contributed by atoms with van der Waals surface area (Å²) in [6.45, 7) is 11.1. The van der Waals surface area contributed by atoms with Gasteiger partial charge < -0.3 is 9.64 Å². The zero-order chi connectivity index (χ0) is 18.9. The van der Waals surface area contributed by atoms with Crippen molar-refractivity contribution >= 4 is 11.8 Å². The van der Waals surface area contributed by atoms with Gasteiger partial charge in [-0.25, -0.2) is 0 Å². The summed E-state index contributed by atoms with van der Waals surface area (Å²) in [5, 5.41) is 0. The van der Waals surface area contributed by atoms with Crippen LogP contribution in [0.3, 0.4) is 0 Å². The Morgan fingerprint density at radius 3 is 2.54 bits per heavy atom. The van der Waals surface area contributed by atoms with E-state index in [1.165, 1.54) is 12.8 Å². The Balaban J connectivity index is 1.99. The second kappa shape index (κ2) is 11.0. The monoisotopic (exact) mass is 366 g/mol. The minimum atomic E-state index is -0.147. The number of unbranched alkanes of at least 4 members (excludes halogenated alkanes) is 2. The molecule has 2 aliphatic heterocycles. The molecule has 5 heteroatoms. The number of carbonyl (C=O) groups is 2. The maximum Gasteiger partial charge on any atom is 0.307 e. The second-order valence-electron chi connectivity index (χ2n) is 7.95. The van der Waals surface area contributed by atoms with E-state index in [1.54, 1.807) is 0 Å². The third-order valence-corrected chi connectivity index (χ3v) is 5.99. The fourth-order valence-corrected chi connectivity index (χ4v) is 4.26. The number of hydrogen-bond acceptors (Lipinski definition) is 5. The lowest BCUT2D eigenvalue weighted by Gasteiger charge is -2.43. The highest BCUT2D eigenvalue weighted by Gasteiger charge is 2.39. The average molecular weight is 367 g/mol. The summed E-state index contributed by atoms with van der Waals surface area (Å²) in [4.78, 5) is 29.3. The molecule has 3 unspecified atom stereocenters. The smallest absolute Gasteiger partial charge is 0.307 e. The van der Waals surface area contributed by atoms with Crippen molar-refractivity contribution in [1.29, 1.82) is 0 Å². The van der Waals surface area contributed by atoms with Crippen molar-refractivity contribution in [3.63, 3.8) is 0 Å². The van der Waals surface area contributed by atoms with E-state index in [-0.39, 0.29) is 18.1 Å². The standard InChI is InChI=1S/C21H38N2O3/c1-4-7-11-22-13-10-19(24)18(16-22)17-9-14-23(12-8-5-2)20(15-17)26-21(25)6-3/h17-18,20H,4-16H2,1-3H3. The van der Waals surface area contributed by atoms with E-state index in [1.807, 2.05) is 6.92 Å². The number of Topliss-reactive ketones (excluding diaryl/α,β-unsaturated/α-hetero) is 1. The van der Waals surface area contributed by atoms with Crippen molar-refractivity contribution in [2.45, 2.75) is 78.4 Å². The summed E-state index contributed by atoms with van der Waals surface area (Å²) >= 11 is 0. The Morgan fingerprint density at radius 2 is 1.85 bits per heavy atom. The Kier molecular flexibility index (Phi) is 9.06. The maximum absolute atomic E-state index is 12.6. The summed E-state index contributed by atoms with van der Waals surface area (Å²) in [6, 6.07) is 0. The van der Waals surface area contributed by atoms with Gasteiger partial charge in [0.15, 0.2) is 6.23 Å². The number of carbonyl (C=O) groups excluding carboxylic acids is 2. The van der Waals surface area contributed by atoms with E-state index >= 15 is 0 Å². The molecule has 0 saturated carbocycles. The number of likely N-dealkylation sites (tertiary alicyclic amines) is 2. The van der Waals surface area contributed by atoms with Crippen LogP contribution in [0, 0.1) is 11.8 Å². The quantitative estimate of drug-likeness (QED) is 0.585. The normalized spacial score (nSPS) is 28.3. The van der Waals surface area contributed by atoms with E-state index in [9.17, 15) is 9.59 Å². The highest BCUT2D eigenvalue weighted by Crippen LogP contribution is 2.33. The Labute approximate surface area is 159 Å². The van der Waals surface area contributed by atoms with E-state index in [4.69, 9.17) is 4.74 Å². The van der Waals surface area contributed by atoms with Gasteiger partial charge in [-0.2, -0.15) is 0 Å². The predicted molar refractivity (Wildman–Crippen MR) is 104 cm³/mol. The number of hydrogen-bond donors (Lipinski definition) is 0. The van der Waals surface area contributed by atoms with Crippen LogP contribution in [0.4, 0.5) is 0 Å². The maximum atomic E-state index is 12.6. The predicted octanol–water partition coefficient (Wildman–Crippen LogP) is 3.47. The summed E-state index contributed by atoms with van der Waals surface area (Å²) in [5.74, 6) is 0.762. The Bertz CT molecular complexity index is 455. The summed E-state index contributed by atoms with van der Waals surface area (Å²) in [7, 11) is 0. The number of rotatable bonds is 9. The Hall–Kier alpha value is -0.940. The first-order valence-electron chi connectivity index (χ1n) is 10.8. The van der Waals surface area contributed by atoms with Gasteiger partial charge in [0.2, 0.25) is 0 Å². The fraction of sp³-hybridized carbons (Fsp3) is 0.905. The minimum Gasteiger partial charge on any atom is -0.446 e. The molecule has 0 aromatic carbocycles. The second-order valence-corrected chi connectivity index (χ2v) is 7.95. The molecule has 150 valence electrons. The molecule has 0 amide bonds. The largest absolute Gasteiger partial charge is 0.446 e. The molecule has 3 atom stereocenters. The summed E-state index contributed by atoms with van der Waals surface area (Å²) in [5.41, 5.74) is 0. The third kappa shape index (κ3) is 6.05. The average Bonchev–Trinajstić information content (AvgIpc) is 2.66. The molecule has 0 spiro atoms. The molecule has 5 nitrogen and oxygen atoms in total. The van der Waals surface area contributed by atoms with Gasteiger partial charge >= 0.3 is 5.97 Å². The van der Waals surface area contributed by atoms with Crippen molar-refractivity contribution < 1.29 is 14.3 Å². The molecule has 26 heavy (non-hydrogen) atoms. The molecule has 2 heterocycles. The molecule has 0 aromatic rings. The molecule has 0 aliphatic carbocycles. The van der Waals surface area contributed by atoms with Crippen molar-refractivity contribution in [3.8, 4) is 0 Å². The van der Waals surface area contributed by atoms with E-state index in [2.05, 4.69) is 23.6 Å². The summed E-state index contributed by atoms with van der Waals surface area (Å²) in [6.07, 6.45) is 7.47. The molecular formula is C21H38N2O3. The van der Waals surface area contributed by atoms with Crippen LogP contribution in [-0.4, -0.2) is 60.5 Å². The zero-order valence-electron chi connectivity index (χ0n) is 17.0. The SMILES string of the molecule is CCCCN1CCC(=O)C(C2CCN(CCCC)C(OC(=O)CC)C2)C1. The van der Waals surface area contributed by atoms with Crippen LogP contribution in [-0.2, 0) is 14.3 Å². The van der Waals surface area contributed by atoms with Crippen molar-refractivity contribution in [1.82, 2.24) is 9.80 Å². The van der Waals surface area contributed by atoms with Gasteiger partial charge in [0.1, 0.15) is 5.78 Å². The lowest BCUT2D eigenvalue weighted by atomic mass is 9.78. The van der Waals surface area contributed by atoms with Crippen molar-refractivity contribution in [3.05, 3.63) is 0 Å². The van der Waals surface area contributed by atoms with Gasteiger partial charge in [-0.15, -0.1) is 0 Å². The van der Waals surface area contributed by atoms with Gasteiger partial charge in [0.25, 0.3) is 0 Å². The minimum absolute atomic E-state index is 0.122. The van der Waals surface area contributed by atoms with E-state index in [0.717, 1.165) is 58.4 Å². The molecule has 2 fully saturated rings. The molecule has 0 aromatic heterocycles. The lowest BCUT2D eigenvalue weighted by Crippen LogP contribution is -2.51. The number of nitrogens with zero attached hydrogens (tertiary/aromatic N) is 2.